The van der Waals surface area contributed by atoms with E-state index in [2.05, 4.69) is 5.32 Å². The number of fused-ring (bicyclic) bond motifs is 1. The van der Waals surface area contributed by atoms with Gasteiger partial charge in [-0.1, -0.05) is 12.1 Å². The highest BCUT2D eigenvalue weighted by Crippen LogP contribution is 2.35. The van der Waals surface area contributed by atoms with Crippen molar-refractivity contribution in [3.63, 3.8) is 0 Å². The standard InChI is InChI=1S/C20H21F3N2O5S/c1-13(19(26)24-12-14-4-3-5-15(10-14)20(21,22)23)25(31(2,27)28)16-6-7-17-18(11-16)30-9-8-29-17/h3-7,10-11,13H,8-9,12H2,1-2H3,(H,24,26)/t13-/m0/s1. The second-order valence-corrected chi connectivity index (χ2v) is 8.84. The monoisotopic (exact) mass is 458 g/mol. The lowest BCUT2D eigenvalue weighted by Crippen LogP contribution is -2.47. The fraction of sp³-hybridized carbons (Fsp3) is 0.350. The van der Waals surface area contributed by atoms with Gasteiger partial charge in [-0.3, -0.25) is 9.10 Å². The summed E-state index contributed by atoms with van der Waals surface area (Å²) in [5.74, 6) is 0.150. The van der Waals surface area contributed by atoms with Gasteiger partial charge >= 0.3 is 6.18 Å². The fourth-order valence-electron chi connectivity index (χ4n) is 3.17. The maximum Gasteiger partial charge on any atom is 0.416 e. The Morgan fingerprint density at radius 1 is 1.13 bits per heavy atom. The van der Waals surface area contributed by atoms with Gasteiger partial charge in [-0.05, 0) is 36.8 Å². The number of hydrogen-bond donors (Lipinski definition) is 1. The molecule has 0 saturated carbocycles. The SMILES string of the molecule is C[C@@H](C(=O)NCc1cccc(C(F)(F)F)c1)N(c1ccc2c(c1)OCCO2)S(C)(=O)=O. The second-order valence-electron chi connectivity index (χ2n) is 6.98. The summed E-state index contributed by atoms with van der Waals surface area (Å²) in [6.45, 7) is 1.88. The predicted molar refractivity (Wildman–Crippen MR) is 108 cm³/mol. The molecule has 2 aromatic carbocycles. The molecule has 168 valence electrons. The van der Waals surface area contributed by atoms with E-state index in [1.165, 1.54) is 31.2 Å². The molecule has 1 atom stereocenters. The van der Waals surface area contributed by atoms with Crippen LogP contribution in [-0.4, -0.2) is 39.8 Å². The predicted octanol–water partition coefficient (Wildman–Crippen LogP) is 2.95. The van der Waals surface area contributed by atoms with Gasteiger partial charge in [-0.15, -0.1) is 0 Å². The van der Waals surface area contributed by atoms with Crippen LogP contribution in [0.5, 0.6) is 11.5 Å². The molecule has 0 aliphatic carbocycles. The molecule has 1 aliphatic rings. The number of carbonyl (C=O) groups excluding carboxylic acids is 1. The van der Waals surface area contributed by atoms with Crippen LogP contribution in [0, 0.1) is 0 Å². The zero-order valence-electron chi connectivity index (χ0n) is 16.8. The molecule has 0 saturated heterocycles. The van der Waals surface area contributed by atoms with Gasteiger partial charge in [0, 0.05) is 12.6 Å². The normalized spacial score (nSPS) is 14.6. The van der Waals surface area contributed by atoms with Crippen LogP contribution in [0.1, 0.15) is 18.1 Å². The highest BCUT2D eigenvalue weighted by atomic mass is 32.2. The van der Waals surface area contributed by atoms with Crippen LogP contribution in [-0.2, 0) is 27.5 Å². The first-order valence-electron chi connectivity index (χ1n) is 9.30. The molecule has 3 rings (SSSR count). The summed E-state index contributed by atoms with van der Waals surface area (Å²) in [5.41, 5.74) is -0.393. The minimum atomic E-state index is -4.50. The summed E-state index contributed by atoms with van der Waals surface area (Å²) in [4.78, 5) is 12.7. The van der Waals surface area contributed by atoms with Crippen LogP contribution in [0.3, 0.4) is 0 Å². The third-order valence-electron chi connectivity index (χ3n) is 4.59. The van der Waals surface area contributed by atoms with Crippen molar-refractivity contribution < 1.29 is 35.9 Å². The van der Waals surface area contributed by atoms with Gasteiger partial charge in [-0.2, -0.15) is 13.2 Å². The Kier molecular flexibility index (Phi) is 6.35. The largest absolute Gasteiger partial charge is 0.486 e. The van der Waals surface area contributed by atoms with Crippen molar-refractivity contribution in [3.8, 4) is 11.5 Å². The molecule has 2 aromatic rings. The van der Waals surface area contributed by atoms with E-state index < -0.39 is 33.7 Å². The minimum Gasteiger partial charge on any atom is -0.486 e. The van der Waals surface area contributed by atoms with Gasteiger partial charge in [0.25, 0.3) is 0 Å². The molecular formula is C20H21F3N2O5S. The van der Waals surface area contributed by atoms with Crippen LogP contribution in [0.2, 0.25) is 0 Å². The Morgan fingerprint density at radius 3 is 2.45 bits per heavy atom. The minimum absolute atomic E-state index is 0.189. The van der Waals surface area contributed by atoms with Crippen LogP contribution in [0.15, 0.2) is 42.5 Å². The van der Waals surface area contributed by atoms with Crippen molar-refractivity contribution in [2.75, 3.05) is 23.8 Å². The number of benzene rings is 2. The van der Waals surface area contributed by atoms with E-state index in [9.17, 15) is 26.4 Å². The number of carbonyl (C=O) groups is 1. The summed E-state index contributed by atoms with van der Waals surface area (Å²) in [7, 11) is -3.87. The first-order valence-corrected chi connectivity index (χ1v) is 11.1. The first-order chi connectivity index (χ1) is 14.5. The summed E-state index contributed by atoms with van der Waals surface area (Å²) >= 11 is 0. The Hall–Kier alpha value is -2.95. The molecule has 0 bridgehead atoms. The molecule has 1 aliphatic heterocycles. The summed E-state index contributed by atoms with van der Waals surface area (Å²) < 4.78 is 75.2. The van der Waals surface area contributed by atoms with Gasteiger partial charge in [0.2, 0.25) is 15.9 Å². The number of rotatable bonds is 6. The average molecular weight is 458 g/mol. The molecule has 0 aromatic heterocycles. The Labute approximate surface area is 177 Å². The Bertz CT molecular complexity index is 1070. The van der Waals surface area contributed by atoms with Crippen LogP contribution in [0.25, 0.3) is 0 Å². The molecule has 0 unspecified atom stereocenters. The van der Waals surface area contributed by atoms with E-state index in [-0.39, 0.29) is 17.8 Å². The van der Waals surface area contributed by atoms with Gasteiger partial charge in [-0.25, -0.2) is 8.42 Å². The molecule has 1 heterocycles. The van der Waals surface area contributed by atoms with Crippen molar-refractivity contribution >= 4 is 21.6 Å². The summed E-state index contributed by atoms with van der Waals surface area (Å²) in [6.07, 6.45) is -3.54. The number of alkyl halides is 3. The van der Waals surface area contributed by atoms with E-state index >= 15 is 0 Å². The first kappa shape index (κ1) is 22.7. The van der Waals surface area contributed by atoms with Crippen molar-refractivity contribution in [2.24, 2.45) is 0 Å². The number of nitrogens with one attached hydrogen (secondary N) is 1. The van der Waals surface area contributed by atoms with Gasteiger partial charge in [0.1, 0.15) is 19.3 Å². The molecule has 11 heteroatoms. The molecule has 7 nitrogen and oxygen atoms in total. The van der Waals surface area contributed by atoms with E-state index in [0.717, 1.165) is 22.7 Å². The Morgan fingerprint density at radius 2 is 1.81 bits per heavy atom. The average Bonchev–Trinajstić information content (AvgIpc) is 2.70. The summed E-state index contributed by atoms with van der Waals surface area (Å²) in [6, 6.07) is 7.89. The van der Waals surface area contributed by atoms with Gasteiger partial charge in [0.15, 0.2) is 11.5 Å². The molecule has 1 N–H and O–H groups in total. The zero-order valence-corrected chi connectivity index (χ0v) is 17.6. The topological polar surface area (TPSA) is 84.9 Å². The van der Waals surface area contributed by atoms with Gasteiger partial charge in [0.05, 0.1) is 17.5 Å². The molecule has 0 radical (unpaired) electrons. The lowest BCUT2D eigenvalue weighted by atomic mass is 10.1. The molecular weight excluding hydrogens is 437 g/mol. The van der Waals surface area contributed by atoms with Gasteiger partial charge < -0.3 is 14.8 Å². The number of ether oxygens (including phenoxy) is 2. The molecule has 0 fully saturated rings. The van der Waals surface area contributed by atoms with Crippen LogP contribution in [0.4, 0.5) is 18.9 Å². The van der Waals surface area contributed by atoms with Crippen molar-refractivity contribution in [1.82, 2.24) is 5.32 Å². The van der Waals surface area contributed by atoms with Crippen molar-refractivity contribution in [1.29, 1.82) is 0 Å². The summed E-state index contributed by atoms with van der Waals surface area (Å²) in [5, 5.41) is 2.49. The smallest absolute Gasteiger partial charge is 0.416 e. The number of halogens is 3. The number of hydrogen-bond acceptors (Lipinski definition) is 5. The van der Waals surface area contributed by atoms with Crippen molar-refractivity contribution in [3.05, 3.63) is 53.6 Å². The van der Waals surface area contributed by atoms with Crippen LogP contribution < -0.4 is 19.1 Å². The highest BCUT2D eigenvalue weighted by molar-refractivity contribution is 7.92. The maximum atomic E-state index is 12.9. The number of anilines is 1. The third kappa shape index (κ3) is 5.40. The van der Waals surface area contributed by atoms with E-state index in [4.69, 9.17) is 9.47 Å². The molecule has 0 spiro atoms. The maximum absolute atomic E-state index is 12.9. The second kappa shape index (κ2) is 8.66. The highest BCUT2D eigenvalue weighted by Gasteiger charge is 2.31. The van der Waals surface area contributed by atoms with E-state index in [1.54, 1.807) is 6.07 Å². The molecule has 31 heavy (non-hydrogen) atoms. The third-order valence-corrected chi connectivity index (χ3v) is 5.83. The lowest BCUT2D eigenvalue weighted by Gasteiger charge is -2.29. The molecule has 1 amide bonds. The Balaban J connectivity index is 1.78. The van der Waals surface area contributed by atoms with Crippen LogP contribution >= 0.6 is 0 Å². The fourth-order valence-corrected chi connectivity index (χ4v) is 4.34. The van der Waals surface area contributed by atoms with E-state index in [0.29, 0.717) is 24.7 Å². The number of nitrogens with zero attached hydrogens (tertiary/aromatic N) is 1. The zero-order chi connectivity index (χ0) is 22.8. The quantitative estimate of drug-likeness (QED) is 0.720. The number of amides is 1. The number of sulfonamides is 1. The van der Waals surface area contributed by atoms with Crippen molar-refractivity contribution in [2.45, 2.75) is 25.7 Å². The lowest BCUT2D eigenvalue weighted by molar-refractivity contribution is -0.137. The van der Waals surface area contributed by atoms with E-state index in [1.807, 2.05) is 0 Å².